The van der Waals surface area contributed by atoms with Gasteiger partial charge in [0.15, 0.2) is 0 Å². The van der Waals surface area contributed by atoms with Crippen molar-refractivity contribution in [2.75, 3.05) is 13.7 Å². The number of hydrogen-bond donors (Lipinski definition) is 2. The third-order valence-electron chi connectivity index (χ3n) is 4.93. The van der Waals surface area contributed by atoms with Gasteiger partial charge in [0.05, 0.1) is 13.0 Å². The summed E-state index contributed by atoms with van der Waals surface area (Å²) >= 11 is 0. The van der Waals surface area contributed by atoms with Crippen LogP contribution in [0.1, 0.15) is 24.8 Å². The molecule has 0 heterocycles. The van der Waals surface area contributed by atoms with Crippen LogP contribution >= 0.6 is 0 Å². The molecule has 2 aliphatic carbocycles. The number of carboxylic acids is 1. The second kappa shape index (κ2) is 5.63. The van der Waals surface area contributed by atoms with Gasteiger partial charge in [-0.3, -0.25) is 9.59 Å². The molecule has 2 aliphatic rings. The van der Waals surface area contributed by atoms with Crippen molar-refractivity contribution in [3.05, 3.63) is 29.8 Å². The summed E-state index contributed by atoms with van der Waals surface area (Å²) < 4.78 is 5.26. The Balaban J connectivity index is 1.58. The number of nitrogens with one attached hydrogen (secondary N) is 1. The SMILES string of the molecule is COc1ccccc1CC(CNC(=O)C1CC12CC2)C(=O)O. The molecule has 2 N–H and O–H groups in total. The molecule has 1 amide bonds. The van der Waals surface area contributed by atoms with Crippen LogP contribution in [0.5, 0.6) is 5.75 Å². The molecule has 118 valence electrons. The average molecular weight is 303 g/mol. The van der Waals surface area contributed by atoms with Gasteiger partial charge in [0.25, 0.3) is 0 Å². The summed E-state index contributed by atoms with van der Waals surface area (Å²) in [7, 11) is 1.57. The molecule has 2 fully saturated rings. The van der Waals surface area contributed by atoms with Crippen molar-refractivity contribution in [2.45, 2.75) is 25.7 Å². The van der Waals surface area contributed by atoms with Crippen molar-refractivity contribution in [2.24, 2.45) is 17.3 Å². The average Bonchev–Trinajstić information content (AvgIpc) is 3.43. The number of aliphatic carboxylic acids is 1. The number of para-hydroxylation sites is 1. The van der Waals surface area contributed by atoms with E-state index in [0.717, 1.165) is 24.8 Å². The Bertz CT molecular complexity index is 594. The molecule has 1 aromatic rings. The highest BCUT2D eigenvalue weighted by molar-refractivity contribution is 5.84. The Morgan fingerprint density at radius 2 is 2.14 bits per heavy atom. The van der Waals surface area contributed by atoms with Crippen molar-refractivity contribution < 1.29 is 19.4 Å². The van der Waals surface area contributed by atoms with Crippen LogP contribution in [-0.4, -0.2) is 30.6 Å². The third-order valence-corrected chi connectivity index (χ3v) is 4.93. The van der Waals surface area contributed by atoms with Crippen molar-refractivity contribution in [3.63, 3.8) is 0 Å². The van der Waals surface area contributed by atoms with Crippen LogP contribution < -0.4 is 10.1 Å². The number of hydrogen-bond acceptors (Lipinski definition) is 3. The zero-order valence-electron chi connectivity index (χ0n) is 12.7. The molecule has 3 rings (SSSR count). The van der Waals surface area contributed by atoms with Gasteiger partial charge in [0.2, 0.25) is 5.91 Å². The first-order chi connectivity index (χ1) is 10.6. The molecule has 2 saturated carbocycles. The van der Waals surface area contributed by atoms with Crippen molar-refractivity contribution in [3.8, 4) is 5.75 Å². The highest BCUT2D eigenvalue weighted by Gasteiger charge is 2.65. The Kier molecular flexibility index (Phi) is 3.81. The van der Waals surface area contributed by atoms with E-state index in [-0.39, 0.29) is 18.4 Å². The monoisotopic (exact) mass is 303 g/mol. The minimum atomic E-state index is -0.900. The largest absolute Gasteiger partial charge is 0.496 e. The number of carbonyl (C=O) groups is 2. The number of carboxylic acid groups (broad SMARTS) is 1. The molecule has 5 nitrogen and oxygen atoms in total. The molecule has 0 saturated heterocycles. The zero-order valence-corrected chi connectivity index (χ0v) is 12.7. The molecular formula is C17H21NO4. The van der Waals surface area contributed by atoms with E-state index in [2.05, 4.69) is 5.32 Å². The second-order valence-corrected chi connectivity index (χ2v) is 6.42. The lowest BCUT2D eigenvalue weighted by molar-refractivity contribution is -0.141. The smallest absolute Gasteiger partial charge is 0.308 e. The van der Waals surface area contributed by atoms with Crippen LogP contribution in [0.15, 0.2) is 24.3 Å². The van der Waals surface area contributed by atoms with Gasteiger partial charge in [-0.2, -0.15) is 0 Å². The van der Waals surface area contributed by atoms with Crippen molar-refractivity contribution >= 4 is 11.9 Å². The van der Waals surface area contributed by atoms with Crippen LogP contribution in [0.25, 0.3) is 0 Å². The molecule has 0 bridgehead atoms. The van der Waals surface area contributed by atoms with Gasteiger partial charge in [-0.25, -0.2) is 0 Å². The number of benzene rings is 1. The van der Waals surface area contributed by atoms with Gasteiger partial charge >= 0.3 is 5.97 Å². The first kappa shape index (κ1) is 14.9. The molecule has 1 aromatic carbocycles. The number of rotatable bonds is 7. The minimum absolute atomic E-state index is 0.0174. The van der Waals surface area contributed by atoms with E-state index in [9.17, 15) is 14.7 Å². The van der Waals surface area contributed by atoms with E-state index >= 15 is 0 Å². The fourth-order valence-corrected chi connectivity index (χ4v) is 3.16. The topological polar surface area (TPSA) is 75.6 Å². The molecular weight excluding hydrogens is 282 g/mol. The lowest BCUT2D eigenvalue weighted by Crippen LogP contribution is -2.35. The maximum absolute atomic E-state index is 12.0. The summed E-state index contributed by atoms with van der Waals surface area (Å²) in [6, 6.07) is 7.38. The molecule has 1 spiro atoms. The molecule has 0 aliphatic heterocycles. The Labute approximate surface area is 129 Å². The van der Waals surface area contributed by atoms with Crippen LogP contribution in [0.2, 0.25) is 0 Å². The summed E-state index contributed by atoms with van der Waals surface area (Å²) in [5, 5.41) is 12.2. The highest BCUT2D eigenvalue weighted by atomic mass is 16.5. The molecule has 2 atom stereocenters. The molecule has 2 unspecified atom stereocenters. The lowest BCUT2D eigenvalue weighted by Gasteiger charge is -2.15. The summed E-state index contributed by atoms with van der Waals surface area (Å²) in [6.07, 6.45) is 3.61. The quantitative estimate of drug-likeness (QED) is 0.806. The first-order valence-corrected chi connectivity index (χ1v) is 7.68. The van der Waals surface area contributed by atoms with Crippen molar-refractivity contribution in [1.29, 1.82) is 0 Å². The summed E-state index contributed by atoms with van der Waals surface area (Å²) in [6.45, 7) is 0.165. The van der Waals surface area contributed by atoms with Crippen LogP contribution in [0, 0.1) is 17.3 Å². The number of ether oxygens (including phenoxy) is 1. The fraction of sp³-hybridized carbons (Fsp3) is 0.529. The molecule has 0 aromatic heterocycles. The van der Waals surface area contributed by atoms with Crippen LogP contribution in [0.4, 0.5) is 0 Å². The van der Waals surface area contributed by atoms with E-state index < -0.39 is 11.9 Å². The van der Waals surface area contributed by atoms with Gasteiger partial charge in [-0.15, -0.1) is 0 Å². The van der Waals surface area contributed by atoms with E-state index in [0.29, 0.717) is 17.6 Å². The number of amides is 1. The van der Waals surface area contributed by atoms with Gasteiger partial charge in [-0.05, 0) is 42.7 Å². The predicted molar refractivity (Wildman–Crippen MR) is 80.6 cm³/mol. The maximum atomic E-state index is 12.0. The number of methoxy groups -OCH3 is 1. The molecule has 22 heavy (non-hydrogen) atoms. The molecule has 5 heteroatoms. The minimum Gasteiger partial charge on any atom is -0.496 e. The van der Waals surface area contributed by atoms with Gasteiger partial charge in [-0.1, -0.05) is 18.2 Å². The van der Waals surface area contributed by atoms with Crippen LogP contribution in [0.3, 0.4) is 0 Å². The highest BCUT2D eigenvalue weighted by Crippen LogP contribution is 2.70. The number of carbonyl (C=O) groups excluding carboxylic acids is 1. The standard InChI is InChI=1S/C17H21NO4/c1-22-14-5-3-2-4-11(14)8-12(16(20)21)10-18-15(19)13-9-17(13)6-7-17/h2-5,12-13H,6-10H2,1H3,(H,18,19)(H,20,21). The van der Waals surface area contributed by atoms with Gasteiger partial charge < -0.3 is 15.2 Å². The summed E-state index contributed by atoms with van der Waals surface area (Å²) in [4.78, 5) is 23.5. The van der Waals surface area contributed by atoms with E-state index in [4.69, 9.17) is 4.74 Å². The normalized spacial score (nSPS) is 22.0. The zero-order chi connectivity index (χ0) is 15.7. The third kappa shape index (κ3) is 2.93. The van der Waals surface area contributed by atoms with Crippen molar-refractivity contribution in [1.82, 2.24) is 5.32 Å². The first-order valence-electron chi connectivity index (χ1n) is 7.68. The van der Waals surface area contributed by atoms with E-state index in [1.54, 1.807) is 7.11 Å². The van der Waals surface area contributed by atoms with Crippen LogP contribution in [-0.2, 0) is 16.0 Å². The molecule has 0 radical (unpaired) electrons. The second-order valence-electron chi connectivity index (χ2n) is 6.42. The van der Waals surface area contributed by atoms with E-state index in [1.807, 2.05) is 24.3 Å². The summed E-state index contributed by atoms with van der Waals surface area (Å²) in [5.41, 5.74) is 1.14. The fourth-order valence-electron chi connectivity index (χ4n) is 3.16. The van der Waals surface area contributed by atoms with E-state index in [1.165, 1.54) is 0 Å². The maximum Gasteiger partial charge on any atom is 0.308 e. The van der Waals surface area contributed by atoms with Gasteiger partial charge in [0, 0.05) is 12.5 Å². The van der Waals surface area contributed by atoms with Gasteiger partial charge in [0.1, 0.15) is 5.75 Å². The Hall–Kier alpha value is -2.04. The Morgan fingerprint density at radius 1 is 1.41 bits per heavy atom. The lowest BCUT2D eigenvalue weighted by atomic mass is 9.98. The predicted octanol–water partition coefficient (Wildman–Crippen LogP) is 1.85. The summed E-state index contributed by atoms with van der Waals surface area (Å²) in [5.74, 6) is -0.728. The Morgan fingerprint density at radius 3 is 2.73 bits per heavy atom.